The number of carbonyl (C=O) groups is 4. The van der Waals surface area contributed by atoms with E-state index in [2.05, 4.69) is 10.6 Å². The van der Waals surface area contributed by atoms with E-state index >= 15 is 0 Å². The first kappa shape index (κ1) is 23.5. The van der Waals surface area contributed by atoms with Gasteiger partial charge in [-0.2, -0.15) is 0 Å². The average molecular weight is 459 g/mol. The van der Waals surface area contributed by atoms with Crippen LogP contribution in [-0.4, -0.2) is 43.1 Å². The smallest absolute Gasteiger partial charge is 0.329 e. The van der Waals surface area contributed by atoms with Gasteiger partial charge in [0.05, 0.1) is 0 Å². The summed E-state index contributed by atoms with van der Waals surface area (Å²) in [4.78, 5) is 48.0. The number of halogens is 1. The van der Waals surface area contributed by atoms with E-state index in [1.807, 2.05) is 0 Å². The summed E-state index contributed by atoms with van der Waals surface area (Å²) in [5.74, 6) is -2.17. The normalized spacial score (nSPS) is 12.5. The molecule has 3 rings (SSSR count). The van der Waals surface area contributed by atoms with Crippen LogP contribution in [0.2, 0.25) is 0 Å². The first-order valence-corrected chi connectivity index (χ1v) is 9.98. The van der Waals surface area contributed by atoms with Gasteiger partial charge in [0.15, 0.2) is 18.1 Å². The molecule has 0 aliphatic carbocycles. The molecule has 0 radical (unpaired) electrons. The van der Waals surface area contributed by atoms with Crippen LogP contribution in [0.5, 0.6) is 11.5 Å². The van der Waals surface area contributed by atoms with Crippen molar-refractivity contribution >= 4 is 23.7 Å². The van der Waals surface area contributed by atoms with Gasteiger partial charge in [-0.1, -0.05) is 6.07 Å². The molecule has 0 saturated carbocycles. The van der Waals surface area contributed by atoms with Gasteiger partial charge in [0, 0.05) is 18.5 Å². The van der Waals surface area contributed by atoms with Crippen molar-refractivity contribution in [1.29, 1.82) is 0 Å². The van der Waals surface area contributed by atoms with Crippen LogP contribution in [0.15, 0.2) is 42.5 Å². The summed E-state index contributed by atoms with van der Waals surface area (Å²) in [6.45, 7) is -0.294. The van der Waals surface area contributed by atoms with Crippen LogP contribution in [0.4, 0.5) is 4.39 Å². The maximum absolute atomic E-state index is 13.0. The zero-order valence-corrected chi connectivity index (χ0v) is 17.5. The van der Waals surface area contributed by atoms with E-state index in [0.29, 0.717) is 11.5 Å². The number of nitrogens with two attached hydrogens (primary N) is 1. The molecule has 174 valence electrons. The van der Waals surface area contributed by atoms with Crippen molar-refractivity contribution in [2.75, 3.05) is 13.4 Å². The number of rotatable bonds is 10. The van der Waals surface area contributed by atoms with Crippen LogP contribution in [0.1, 0.15) is 28.8 Å². The molecule has 2 aromatic rings. The van der Waals surface area contributed by atoms with Crippen molar-refractivity contribution in [3.8, 4) is 11.5 Å². The van der Waals surface area contributed by atoms with Crippen molar-refractivity contribution in [3.63, 3.8) is 0 Å². The van der Waals surface area contributed by atoms with Crippen molar-refractivity contribution in [1.82, 2.24) is 10.6 Å². The van der Waals surface area contributed by atoms with Crippen molar-refractivity contribution in [3.05, 3.63) is 59.4 Å². The molecule has 4 N–H and O–H groups in total. The van der Waals surface area contributed by atoms with Gasteiger partial charge in [-0.25, -0.2) is 9.18 Å². The van der Waals surface area contributed by atoms with E-state index in [-0.39, 0.29) is 31.7 Å². The standard InChI is InChI=1S/C22H22FN3O7/c23-15-4-2-14(3-5-15)21(29)26-16(6-8-19(24)27)22(30)31-11-20(28)25-10-13-1-7-17-18(9-13)33-12-32-17/h1-5,7,9,16H,6,8,10-12H2,(H2,24,27)(H,25,28)(H,26,29)/t16-/m1/s1. The summed E-state index contributed by atoms with van der Waals surface area (Å²) < 4.78 is 28.5. The van der Waals surface area contributed by atoms with Crippen LogP contribution < -0.4 is 25.8 Å². The Morgan fingerprint density at radius 3 is 2.52 bits per heavy atom. The molecule has 1 atom stereocenters. The lowest BCUT2D eigenvalue weighted by Crippen LogP contribution is -2.43. The van der Waals surface area contributed by atoms with E-state index < -0.39 is 42.2 Å². The molecule has 3 amide bonds. The molecule has 10 nitrogen and oxygen atoms in total. The lowest BCUT2D eigenvalue weighted by molar-refractivity contribution is -0.150. The van der Waals surface area contributed by atoms with Crippen molar-refractivity contribution < 1.29 is 37.8 Å². The van der Waals surface area contributed by atoms with Crippen LogP contribution in [0.3, 0.4) is 0 Å². The van der Waals surface area contributed by atoms with Crippen LogP contribution in [0, 0.1) is 5.82 Å². The molecule has 11 heteroatoms. The van der Waals surface area contributed by atoms with Crippen LogP contribution in [0.25, 0.3) is 0 Å². The molecule has 1 aliphatic rings. The molecule has 1 heterocycles. The molecule has 1 aliphatic heterocycles. The van der Waals surface area contributed by atoms with Gasteiger partial charge in [0.25, 0.3) is 11.8 Å². The summed E-state index contributed by atoms with van der Waals surface area (Å²) in [7, 11) is 0. The monoisotopic (exact) mass is 459 g/mol. The zero-order valence-electron chi connectivity index (χ0n) is 17.5. The second kappa shape index (κ2) is 10.9. The largest absolute Gasteiger partial charge is 0.454 e. The summed E-state index contributed by atoms with van der Waals surface area (Å²) in [5, 5.41) is 5.01. The molecule has 33 heavy (non-hydrogen) atoms. The van der Waals surface area contributed by atoms with Gasteiger partial charge in [0.2, 0.25) is 12.7 Å². The molecule has 0 bridgehead atoms. The summed E-state index contributed by atoms with van der Waals surface area (Å²) in [6, 6.07) is 8.64. The fraction of sp³-hybridized carbons (Fsp3) is 0.273. The quantitative estimate of drug-likeness (QED) is 0.445. The second-order valence-corrected chi connectivity index (χ2v) is 7.11. The minimum Gasteiger partial charge on any atom is -0.454 e. The number of nitrogens with one attached hydrogen (secondary N) is 2. The van der Waals surface area contributed by atoms with Gasteiger partial charge in [-0.15, -0.1) is 0 Å². The fourth-order valence-corrected chi connectivity index (χ4v) is 2.92. The first-order chi connectivity index (χ1) is 15.8. The Kier molecular flexibility index (Phi) is 7.79. The zero-order chi connectivity index (χ0) is 23.8. The number of hydrogen-bond acceptors (Lipinski definition) is 7. The third-order valence-electron chi connectivity index (χ3n) is 4.65. The highest BCUT2D eigenvalue weighted by molar-refractivity contribution is 5.97. The SMILES string of the molecule is NC(=O)CC[C@@H](NC(=O)c1ccc(F)cc1)C(=O)OCC(=O)NCc1ccc2c(c1)OCO2. The number of hydrogen-bond donors (Lipinski definition) is 3. The fourth-order valence-electron chi connectivity index (χ4n) is 2.92. The number of amides is 3. The average Bonchev–Trinajstić information content (AvgIpc) is 3.27. The Labute approximate surface area is 188 Å². The third-order valence-corrected chi connectivity index (χ3v) is 4.65. The van der Waals surface area contributed by atoms with Gasteiger partial charge in [-0.3, -0.25) is 14.4 Å². The lowest BCUT2D eigenvalue weighted by atomic mass is 10.1. The molecular weight excluding hydrogens is 437 g/mol. The maximum atomic E-state index is 13.0. The molecule has 0 unspecified atom stereocenters. The third kappa shape index (κ3) is 6.92. The Morgan fingerprint density at radius 1 is 1.06 bits per heavy atom. The number of benzene rings is 2. The molecule has 0 saturated heterocycles. The number of carbonyl (C=O) groups excluding carboxylic acids is 4. The lowest BCUT2D eigenvalue weighted by Gasteiger charge is -2.17. The van der Waals surface area contributed by atoms with E-state index in [9.17, 15) is 23.6 Å². The first-order valence-electron chi connectivity index (χ1n) is 9.98. The van der Waals surface area contributed by atoms with Crippen molar-refractivity contribution in [2.24, 2.45) is 5.73 Å². The number of fused-ring (bicyclic) bond motifs is 1. The highest BCUT2D eigenvalue weighted by atomic mass is 19.1. The Morgan fingerprint density at radius 2 is 1.79 bits per heavy atom. The number of primary amides is 1. The highest BCUT2D eigenvalue weighted by Crippen LogP contribution is 2.32. The van der Waals surface area contributed by atoms with E-state index in [1.54, 1.807) is 18.2 Å². The Bertz CT molecular complexity index is 1040. The van der Waals surface area contributed by atoms with Gasteiger partial charge >= 0.3 is 5.97 Å². The second-order valence-electron chi connectivity index (χ2n) is 7.11. The Hall–Kier alpha value is -4.15. The van der Waals surface area contributed by atoms with Crippen molar-refractivity contribution in [2.45, 2.75) is 25.4 Å². The Balaban J connectivity index is 1.51. The molecular formula is C22H22FN3O7. The molecule has 0 aromatic heterocycles. The highest BCUT2D eigenvalue weighted by Gasteiger charge is 2.24. The van der Waals surface area contributed by atoms with Gasteiger partial charge in [0.1, 0.15) is 11.9 Å². The summed E-state index contributed by atoms with van der Waals surface area (Å²) in [6.07, 6.45) is -0.320. The topological polar surface area (TPSA) is 146 Å². The van der Waals surface area contributed by atoms with E-state index in [1.165, 1.54) is 12.1 Å². The predicted octanol–water partition coefficient (Wildman–Crippen LogP) is 0.778. The predicted molar refractivity (Wildman–Crippen MR) is 111 cm³/mol. The van der Waals surface area contributed by atoms with E-state index in [0.717, 1.165) is 17.7 Å². The maximum Gasteiger partial charge on any atom is 0.329 e. The summed E-state index contributed by atoms with van der Waals surface area (Å²) in [5.41, 5.74) is 5.98. The van der Waals surface area contributed by atoms with Gasteiger partial charge in [-0.05, 0) is 48.4 Å². The minimum atomic E-state index is -1.23. The molecule has 0 fully saturated rings. The molecule has 0 spiro atoms. The van der Waals surface area contributed by atoms with E-state index in [4.69, 9.17) is 19.9 Å². The van der Waals surface area contributed by atoms with Gasteiger partial charge < -0.3 is 30.6 Å². The molecule has 2 aromatic carbocycles. The van der Waals surface area contributed by atoms with Crippen LogP contribution >= 0.6 is 0 Å². The van der Waals surface area contributed by atoms with Crippen LogP contribution in [-0.2, 0) is 25.7 Å². The number of ether oxygens (including phenoxy) is 3. The number of esters is 1. The minimum absolute atomic E-state index is 0.106. The summed E-state index contributed by atoms with van der Waals surface area (Å²) >= 11 is 0.